The van der Waals surface area contributed by atoms with Crippen molar-refractivity contribution in [1.82, 2.24) is 9.78 Å². The maximum atomic E-state index is 6.38. The van der Waals surface area contributed by atoms with Crippen molar-refractivity contribution in [1.29, 1.82) is 0 Å². The number of rotatable bonds is 3. The van der Waals surface area contributed by atoms with Crippen LogP contribution in [0.5, 0.6) is 0 Å². The quantitative estimate of drug-likeness (QED) is 0.897. The molecular weight excluding hydrogens is 222 g/mol. The van der Waals surface area contributed by atoms with Crippen LogP contribution in [0.1, 0.15) is 35.3 Å². The largest absolute Gasteiger partial charge is 0.322 e. The number of nitrogens with two attached hydrogens (primary N) is 1. The minimum absolute atomic E-state index is 0.0985. The molecule has 1 fully saturated rings. The van der Waals surface area contributed by atoms with Crippen LogP contribution in [0.15, 0.2) is 36.4 Å². The molecule has 1 aromatic carbocycles. The van der Waals surface area contributed by atoms with E-state index in [-0.39, 0.29) is 6.04 Å². The average Bonchev–Trinajstić information content (AvgIpc) is 3.10. The van der Waals surface area contributed by atoms with Crippen LogP contribution in [0.4, 0.5) is 0 Å². The summed E-state index contributed by atoms with van der Waals surface area (Å²) in [4.78, 5) is 0. The lowest BCUT2D eigenvalue weighted by atomic mass is 10.0. The molecule has 3 atom stereocenters. The highest BCUT2D eigenvalue weighted by atomic mass is 15.3. The Balaban J connectivity index is 1.77. The van der Waals surface area contributed by atoms with Gasteiger partial charge in [-0.1, -0.05) is 30.3 Å². The zero-order valence-electron chi connectivity index (χ0n) is 10.9. The van der Waals surface area contributed by atoms with Gasteiger partial charge in [0, 0.05) is 7.05 Å². The first-order valence-corrected chi connectivity index (χ1v) is 6.48. The summed E-state index contributed by atoms with van der Waals surface area (Å²) in [5, 5.41) is 4.38. The summed E-state index contributed by atoms with van der Waals surface area (Å²) in [6.07, 6.45) is 1.19. The Bertz CT molecular complexity index is 544. The summed E-state index contributed by atoms with van der Waals surface area (Å²) < 4.78 is 1.92. The monoisotopic (exact) mass is 241 g/mol. The van der Waals surface area contributed by atoms with E-state index in [1.807, 2.05) is 18.7 Å². The number of nitrogens with zero attached hydrogens (tertiary/aromatic N) is 2. The number of aryl methyl sites for hydroxylation is 2. The van der Waals surface area contributed by atoms with Crippen molar-refractivity contribution >= 4 is 0 Å². The summed E-state index contributed by atoms with van der Waals surface area (Å²) in [6.45, 7) is 2.01. The molecule has 1 aliphatic carbocycles. The number of benzene rings is 1. The molecular formula is C15H19N3. The van der Waals surface area contributed by atoms with Gasteiger partial charge in [-0.05, 0) is 36.8 Å². The van der Waals surface area contributed by atoms with Crippen molar-refractivity contribution in [3.63, 3.8) is 0 Å². The number of hydrogen-bond acceptors (Lipinski definition) is 2. The normalized spacial score (nSPS) is 23.9. The van der Waals surface area contributed by atoms with Crippen LogP contribution in [-0.2, 0) is 7.05 Å². The molecule has 1 heterocycles. The molecule has 2 aromatic rings. The van der Waals surface area contributed by atoms with E-state index in [1.54, 1.807) is 0 Å². The van der Waals surface area contributed by atoms with Gasteiger partial charge in [-0.2, -0.15) is 5.10 Å². The van der Waals surface area contributed by atoms with Crippen molar-refractivity contribution in [2.45, 2.75) is 25.3 Å². The molecule has 0 amide bonds. The second kappa shape index (κ2) is 4.25. The van der Waals surface area contributed by atoms with Gasteiger partial charge in [-0.3, -0.25) is 4.68 Å². The fourth-order valence-electron chi connectivity index (χ4n) is 2.86. The summed E-state index contributed by atoms with van der Waals surface area (Å²) in [5.74, 6) is 1.18. The third-order valence-corrected chi connectivity index (χ3v) is 3.91. The van der Waals surface area contributed by atoms with E-state index in [1.165, 1.54) is 12.0 Å². The fourth-order valence-corrected chi connectivity index (χ4v) is 2.86. The average molecular weight is 241 g/mol. The van der Waals surface area contributed by atoms with E-state index in [0.29, 0.717) is 11.8 Å². The van der Waals surface area contributed by atoms with Crippen molar-refractivity contribution in [2.75, 3.05) is 0 Å². The Morgan fingerprint density at radius 2 is 2.06 bits per heavy atom. The molecule has 3 heteroatoms. The van der Waals surface area contributed by atoms with Crippen LogP contribution in [0.3, 0.4) is 0 Å². The molecule has 0 bridgehead atoms. The van der Waals surface area contributed by atoms with Crippen LogP contribution in [0.2, 0.25) is 0 Å². The topological polar surface area (TPSA) is 43.8 Å². The molecule has 3 nitrogen and oxygen atoms in total. The van der Waals surface area contributed by atoms with Crippen molar-refractivity contribution in [3.05, 3.63) is 53.3 Å². The van der Waals surface area contributed by atoms with E-state index >= 15 is 0 Å². The molecule has 0 spiro atoms. The van der Waals surface area contributed by atoms with Gasteiger partial charge in [0.05, 0.1) is 17.4 Å². The molecule has 1 aromatic heterocycles. The Hall–Kier alpha value is -1.61. The van der Waals surface area contributed by atoms with Gasteiger partial charge in [0.2, 0.25) is 0 Å². The van der Waals surface area contributed by atoms with Gasteiger partial charge >= 0.3 is 0 Å². The molecule has 18 heavy (non-hydrogen) atoms. The molecule has 0 radical (unpaired) electrons. The van der Waals surface area contributed by atoms with Gasteiger partial charge in [0.15, 0.2) is 0 Å². The predicted molar refractivity (Wildman–Crippen MR) is 72.2 cm³/mol. The first-order chi connectivity index (χ1) is 8.66. The molecule has 1 aliphatic rings. The molecule has 3 unspecified atom stereocenters. The Labute approximate surface area is 108 Å². The summed E-state index contributed by atoms with van der Waals surface area (Å²) in [6, 6.07) is 12.9. The van der Waals surface area contributed by atoms with Gasteiger partial charge in [0.1, 0.15) is 0 Å². The highest BCUT2D eigenvalue weighted by Gasteiger charge is 2.43. The third-order valence-electron chi connectivity index (χ3n) is 3.91. The Kier molecular flexibility index (Phi) is 2.71. The zero-order valence-corrected chi connectivity index (χ0v) is 10.9. The smallest absolute Gasteiger partial charge is 0.0597 e. The van der Waals surface area contributed by atoms with Gasteiger partial charge in [-0.25, -0.2) is 0 Å². The second-order valence-electron chi connectivity index (χ2n) is 5.28. The second-order valence-corrected chi connectivity index (χ2v) is 5.28. The SMILES string of the molecule is Cc1cc(C(N)C2CC2c2ccccc2)n(C)n1. The lowest BCUT2D eigenvalue weighted by molar-refractivity contribution is 0.555. The van der Waals surface area contributed by atoms with Crippen LogP contribution >= 0.6 is 0 Å². The van der Waals surface area contributed by atoms with E-state index in [4.69, 9.17) is 5.73 Å². The van der Waals surface area contributed by atoms with Crippen LogP contribution in [0, 0.1) is 12.8 Å². The van der Waals surface area contributed by atoms with Crippen LogP contribution in [0.25, 0.3) is 0 Å². The molecule has 0 aliphatic heterocycles. The van der Waals surface area contributed by atoms with E-state index in [2.05, 4.69) is 41.5 Å². The van der Waals surface area contributed by atoms with Crippen molar-refractivity contribution in [3.8, 4) is 0 Å². The van der Waals surface area contributed by atoms with Crippen molar-refractivity contribution < 1.29 is 0 Å². The Morgan fingerprint density at radius 1 is 1.33 bits per heavy atom. The number of hydrogen-bond donors (Lipinski definition) is 1. The molecule has 3 rings (SSSR count). The number of aromatic nitrogens is 2. The van der Waals surface area contributed by atoms with Gasteiger partial charge in [0.25, 0.3) is 0 Å². The van der Waals surface area contributed by atoms with E-state index < -0.39 is 0 Å². The van der Waals surface area contributed by atoms with Crippen LogP contribution in [-0.4, -0.2) is 9.78 Å². The minimum atomic E-state index is 0.0985. The predicted octanol–water partition coefficient (Wildman–Crippen LogP) is 2.53. The maximum Gasteiger partial charge on any atom is 0.0597 e. The molecule has 94 valence electrons. The van der Waals surface area contributed by atoms with E-state index in [9.17, 15) is 0 Å². The van der Waals surface area contributed by atoms with Gasteiger partial charge in [-0.15, -0.1) is 0 Å². The minimum Gasteiger partial charge on any atom is -0.322 e. The lowest BCUT2D eigenvalue weighted by Crippen LogP contribution is -2.17. The first kappa shape index (κ1) is 11.5. The standard InChI is InChI=1S/C15H19N3/c1-10-8-14(18(2)17-10)15(16)13-9-12(13)11-6-4-3-5-7-11/h3-8,12-13,15H,9,16H2,1-2H3. The van der Waals surface area contributed by atoms with Gasteiger partial charge < -0.3 is 5.73 Å². The van der Waals surface area contributed by atoms with Crippen LogP contribution < -0.4 is 5.73 Å². The highest BCUT2D eigenvalue weighted by molar-refractivity contribution is 5.28. The first-order valence-electron chi connectivity index (χ1n) is 6.48. The molecule has 2 N–H and O–H groups in total. The third kappa shape index (κ3) is 1.95. The summed E-state index contributed by atoms with van der Waals surface area (Å²) in [7, 11) is 1.97. The lowest BCUT2D eigenvalue weighted by Gasteiger charge is -2.11. The summed E-state index contributed by atoms with van der Waals surface area (Å²) in [5.41, 5.74) is 9.99. The highest BCUT2D eigenvalue weighted by Crippen LogP contribution is 2.53. The van der Waals surface area contributed by atoms with E-state index in [0.717, 1.165) is 11.4 Å². The zero-order chi connectivity index (χ0) is 12.7. The molecule has 1 saturated carbocycles. The molecule has 0 saturated heterocycles. The van der Waals surface area contributed by atoms with Crippen molar-refractivity contribution in [2.24, 2.45) is 18.7 Å². The maximum absolute atomic E-state index is 6.38. The summed E-state index contributed by atoms with van der Waals surface area (Å²) >= 11 is 0. The fraction of sp³-hybridized carbons (Fsp3) is 0.400. The Morgan fingerprint density at radius 3 is 2.67 bits per heavy atom.